The van der Waals surface area contributed by atoms with Gasteiger partial charge in [0.05, 0.1) is 11.8 Å². The zero-order chi connectivity index (χ0) is 13.8. The van der Waals surface area contributed by atoms with E-state index in [4.69, 9.17) is 4.74 Å². The summed E-state index contributed by atoms with van der Waals surface area (Å²) in [5.74, 6) is 2.24. The topological polar surface area (TPSA) is 34.2 Å². The molecule has 0 aromatic carbocycles. The molecule has 1 fully saturated rings. The fraction of sp³-hybridized carbons (Fsp3) is 0.688. The quantitative estimate of drug-likeness (QED) is 0.886. The molecule has 0 radical (unpaired) electrons. The van der Waals surface area contributed by atoms with E-state index in [2.05, 4.69) is 30.2 Å². The van der Waals surface area contributed by atoms with Crippen LogP contribution in [0.4, 0.5) is 5.69 Å². The number of ether oxygens (including phenoxy) is 1. The first-order valence-corrected chi connectivity index (χ1v) is 7.44. The number of hydrogen-bond donors (Lipinski definition) is 1. The number of rotatable bonds is 4. The second-order valence-electron chi connectivity index (χ2n) is 6.17. The maximum atomic E-state index is 5.78. The lowest BCUT2D eigenvalue weighted by atomic mass is 9.80. The molecule has 3 unspecified atom stereocenters. The van der Waals surface area contributed by atoms with Crippen molar-refractivity contribution < 1.29 is 4.74 Å². The summed E-state index contributed by atoms with van der Waals surface area (Å²) < 4.78 is 5.78. The molecule has 0 aliphatic heterocycles. The molecule has 3 atom stereocenters. The molecule has 19 heavy (non-hydrogen) atoms. The van der Waals surface area contributed by atoms with Crippen molar-refractivity contribution in [3.8, 4) is 5.88 Å². The van der Waals surface area contributed by atoms with Gasteiger partial charge in [-0.2, -0.15) is 0 Å². The van der Waals surface area contributed by atoms with E-state index >= 15 is 0 Å². The van der Waals surface area contributed by atoms with Gasteiger partial charge in [0.2, 0.25) is 5.88 Å². The van der Waals surface area contributed by atoms with E-state index in [1.807, 2.05) is 19.9 Å². The van der Waals surface area contributed by atoms with Crippen molar-refractivity contribution in [1.82, 2.24) is 4.98 Å². The lowest BCUT2D eigenvalue weighted by Crippen LogP contribution is -2.33. The Morgan fingerprint density at radius 2 is 2.11 bits per heavy atom. The van der Waals surface area contributed by atoms with E-state index in [1.54, 1.807) is 6.20 Å². The Balaban J connectivity index is 2.09. The number of nitrogens with one attached hydrogen (secondary N) is 1. The average Bonchev–Trinajstić information content (AvgIpc) is 2.35. The summed E-state index contributed by atoms with van der Waals surface area (Å²) >= 11 is 0. The fourth-order valence-corrected chi connectivity index (χ4v) is 2.75. The summed E-state index contributed by atoms with van der Waals surface area (Å²) in [6.45, 7) is 8.74. The summed E-state index contributed by atoms with van der Waals surface area (Å²) in [6.07, 6.45) is 5.83. The van der Waals surface area contributed by atoms with Gasteiger partial charge in [0.25, 0.3) is 0 Å². The number of anilines is 1. The molecule has 0 amide bonds. The van der Waals surface area contributed by atoms with Crippen LogP contribution in [0.2, 0.25) is 0 Å². The van der Waals surface area contributed by atoms with Crippen LogP contribution in [0, 0.1) is 11.8 Å². The Kier molecular flexibility index (Phi) is 4.67. The van der Waals surface area contributed by atoms with Crippen molar-refractivity contribution in [3.05, 3.63) is 18.3 Å². The van der Waals surface area contributed by atoms with Crippen LogP contribution in [0.5, 0.6) is 5.88 Å². The SMILES string of the molecule is CC1CCC(C)C(Nc2cccnc2OC(C)C)C1. The third kappa shape index (κ3) is 3.85. The van der Waals surface area contributed by atoms with Gasteiger partial charge in [-0.1, -0.05) is 20.3 Å². The molecule has 1 heterocycles. The number of pyridine rings is 1. The lowest BCUT2D eigenvalue weighted by molar-refractivity contribution is 0.232. The van der Waals surface area contributed by atoms with Crippen molar-refractivity contribution in [1.29, 1.82) is 0 Å². The second kappa shape index (κ2) is 6.27. The average molecular weight is 262 g/mol. The van der Waals surface area contributed by atoms with E-state index in [0.717, 1.165) is 17.5 Å². The monoisotopic (exact) mass is 262 g/mol. The Labute approximate surface area is 116 Å². The van der Waals surface area contributed by atoms with Crippen molar-refractivity contribution in [3.63, 3.8) is 0 Å². The highest BCUT2D eigenvalue weighted by molar-refractivity contribution is 5.53. The molecule has 1 aromatic rings. The highest BCUT2D eigenvalue weighted by atomic mass is 16.5. The zero-order valence-electron chi connectivity index (χ0n) is 12.5. The van der Waals surface area contributed by atoms with Crippen LogP contribution in [0.15, 0.2) is 18.3 Å². The van der Waals surface area contributed by atoms with Gasteiger partial charge in [-0.3, -0.25) is 0 Å². The first-order valence-electron chi connectivity index (χ1n) is 7.44. The smallest absolute Gasteiger partial charge is 0.237 e. The molecule has 2 rings (SSSR count). The first-order chi connectivity index (χ1) is 9.06. The van der Waals surface area contributed by atoms with Crippen LogP contribution in [0.1, 0.15) is 47.0 Å². The molecule has 1 aromatic heterocycles. The van der Waals surface area contributed by atoms with Crippen molar-refractivity contribution >= 4 is 5.69 Å². The molecule has 1 aliphatic rings. The maximum Gasteiger partial charge on any atom is 0.237 e. The highest BCUT2D eigenvalue weighted by Gasteiger charge is 2.26. The van der Waals surface area contributed by atoms with Gasteiger partial charge in [-0.15, -0.1) is 0 Å². The normalized spacial score (nSPS) is 27.3. The molecule has 0 spiro atoms. The van der Waals surface area contributed by atoms with Gasteiger partial charge in [0.1, 0.15) is 0 Å². The minimum absolute atomic E-state index is 0.151. The predicted octanol–water partition coefficient (Wildman–Crippen LogP) is 4.11. The maximum absolute atomic E-state index is 5.78. The molecular formula is C16H26N2O. The summed E-state index contributed by atoms with van der Waals surface area (Å²) in [5.41, 5.74) is 1.03. The Hall–Kier alpha value is -1.25. The van der Waals surface area contributed by atoms with Crippen LogP contribution in [0.25, 0.3) is 0 Å². The number of nitrogens with zero attached hydrogens (tertiary/aromatic N) is 1. The standard InChI is InChI=1S/C16H26N2O/c1-11(2)19-16-14(6-5-9-17-16)18-15-10-12(3)7-8-13(15)4/h5-6,9,11-13,15,18H,7-8,10H2,1-4H3. The van der Waals surface area contributed by atoms with Crippen molar-refractivity contribution in [2.75, 3.05) is 5.32 Å². The van der Waals surface area contributed by atoms with Crippen LogP contribution >= 0.6 is 0 Å². The summed E-state index contributed by atoms with van der Waals surface area (Å²) in [6, 6.07) is 4.56. The molecule has 1 saturated carbocycles. The van der Waals surface area contributed by atoms with Crippen LogP contribution in [-0.2, 0) is 0 Å². The van der Waals surface area contributed by atoms with Crippen LogP contribution in [-0.4, -0.2) is 17.1 Å². The minimum Gasteiger partial charge on any atom is -0.473 e. The van der Waals surface area contributed by atoms with E-state index < -0.39 is 0 Å². The van der Waals surface area contributed by atoms with Gasteiger partial charge in [0, 0.05) is 12.2 Å². The van der Waals surface area contributed by atoms with Gasteiger partial charge in [0.15, 0.2) is 0 Å². The third-order valence-electron chi connectivity index (χ3n) is 3.92. The molecular weight excluding hydrogens is 236 g/mol. The largest absolute Gasteiger partial charge is 0.473 e. The molecule has 3 nitrogen and oxygen atoms in total. The second-order valence-corrected chi connectivity index (χ2v) is 6.17. The third-order valence-corrected chi connectivity index (χ3v) is 3.92. The van der Waals surface area contributed by atoms with E-state index in [-0.39, 0.29) is 6.10 Å². The number of hydrogen-bond acceptors (Lipinski definition) is 3. The Morgan fingerprint density at radius 3 is 2.84 bits per heavy atom. The van der Waals surface area contributed by atoms with Gasteiger partial charge >= 0.3 is 0 Å². The van der Waals surface area contributed by atoms with Gasteiger partial charge in [-0.05, 0) is 50.7 Å². The fourth-order valence-electron chi connectivity index (χ4n) is 2.75. The van der Waals surface area contributed by atoms with Gasteiger partial charge < -0.3 is 10.1 Å². The van der Waals surface area contributed by atoms with Crippen LogP contribution in [0.3, 0.4) is 0 Å². The lowest BCUT2D eigenvalue weighted by Gasteiger charge is -2.34. The van der Waals surface area contributed by atoms with Crippen molar-refractivity contribution in [2.45, 2.75) is 59.1 Å². The highest BCUT2D eigenvalue weighted by Crippen LogP contribution is 2.32. The minimum atomic E-state index is 0.151. The number of aromatic nitrogens is 1. The summed E-state index contributed by atoms with van der Waals surface area (Å²) in [7, 11) is 0. The molecule has 0 saturated heterocycles. The Bertz CT molecular complexity index is 405. The molecule has 3 heteroatoms. The van der Waals surface area contributed by atoms with Gasteiger partial charge in [-0.25, -0.2) is 4.98 Å². The molecule has 1 aliphatic carbocycles. The predicted molar refractivity (Wildman–Crippen MR) is 79.6 cm³/mol. The van der Waals surface area contributed by atoms with Crippen LogP contribution < -0.4 is 10.1 Å². The van der Waals surface area contributed by atoms with E-state index in [1.165, 1.54) is 19.3 Å². The molecule has 106 valence electrons. The first kappa shape index (κ1) is 14.2. The summed E-state index contributed by atoms with van der Waals surface area (Å²) in [5, 5.41) is 3.65. The van der Waals surface area contributed by atoms with E-state index in [9.17, 15) is 0 Å². The molecule has 1 N–H and O–H groups in total. The molecule has 0 bridgehead atoms. The van der Waals surface area contributed by atoms with E-state index in [0.29, 0.717) is 12.0 Å². The zero-order valence-corrected chi connectivity index (χ0v) is 12.5. The summed E-state index contributed by atoms with van der Waals surface area (Å²) in [4.78, 5) is 4.34. The van der Waals surface area contributed by atoms with Crippen molar-refractivity contribution in [2.24, 2.45) is 11.8 Å². The Morgan fingerprint density at radius 1 is 1.32 bits per heavy atom.